The van der Waals surface area contributed by atoms with E-state index in [4.69, 9.17) is 4.74 Å². The van der Waals surface area contributed by atoms with Gasteiger partial charge < -0.3 is 14.8 Å². The van der Waals surface area contributed by atoms with Crippen LogP contribution >= 0.6 is 0 Å². The lowest BCUT2D eigenvalue weighted by atomic mass is 10.1. The minimum absolute atomic E-state index is 0.00323. The zero-order chi connectivity index (χ0) is 19.0. The molecule has 0 fully saturated rings. The molecule has 0 aliphatic rings. The molecular formula is C16H20F2N2O5. The summed E-state index contributed by atoms with van der Waals surface area (Å²) in [5.74, 6) is -0.969. The molecule has 0 saturated heterocycles. The molecule has 0 aliphatic heterocycles. The topological polar surface area (TPSA) is 90.7 Å². The fraction of sp³-hybridized carbons (Fsp3) is 0.438. The van der Waals surface area contributed by atoms with Crippen LogP contribution < -0.4 is 14.8 Å². The number of nitro benzene ring substituents is 1. The second-order valence-electron chi connectivity index (χ2n) is 5.05. The lowest BCUT2D eigenvalue weighted by Gasteiger charge is -2.13. The number of amides is 1. The number of rotatable bonds is 9. The van der Waals surface area contributed by atoms with Crippen molar-refractivity contribution in [3.8, 4) is 11.5 Å². The number of carbonyl (C=O) groups is 1. The van der Waals surface area contributed by atoms with Crippen molar-refractivity contribution < 1.29 is 28.0 Å². The summed E-state index contributed by atoms with van der Waals surface area (Å²) in [5, 5.41) is 13.9. The van der Waals surface area contributed by atoms with Crippen molar-refractivity contribution >= 4 is 17.7 Å². The van der Waals surface area contributed by atoms with Crippen LogP contribution in [0, 0.1) is 10.1 Å². The molecule has 0 atom stereocenters. The molecule has 1 amide bonds. The molecule has 25 heavy (non-hydrogen) atoms. The fourth-order valence-corrected chi connectivity index (χ4v) is 2.11. The van der Waals surface area contributed by atoms with Crippen LogP contribution in [0.25, 0.3) is 6.08 Å². The lowest BCUT2D eigenvalue weighted by Crippen LogP contribution is -2.32. The molecular weight excluding hydrogens is 338 g/mol. The van der Waals surface area contributed by atoms with Gasteiger partial charge in [0, 0.05) is 12.1 Å². The summed E-state index contributed by atoms with van der Waals surface area (Å²) in [7, 11) is 1.22. The van der Waals surface area contributed by atoms with E-state index in [1.807, 2.05) is 13.8 Å². The molecule has 1 aromatic rings. The Morgan fingerprint density at radius 3 is 2.44 bits per heavy atom. The zero-order valence-electron chi connectivity index (χ0n) is 14.1. The Hall–Kier alpha value is -2.71. The van der Waals surface area contributed by atoms with Gasteiger partial charge in [-0.15, -0.1) is 0 Å². The summed E-state index contributed by atoms with van der Waals surface area (Å²) in [6.45, 7) is 0.700. The van der Waals surface area contributed by atoms with Gasteiger partial charge in [0.05, 0.1) is 23.7 Å². The Kier molecular flexibility index (Phi) is 7.77. The van der Waals surface area contributed by atoms with Crippen molar-refractivity contribution in [1.29, 1.82) is 0 Å². The number of carbonyl (C=O) groups excluding carboxylic acids is 1. The van der Waals surface area contributed by atoms with Crippen LogP contribution in [0.15, 0.2) is 18.2 Å². The molecule has 0 aliphatic carbocycles. The van der Waals surface area contributed by atoms with Gasteiger partial charge in [0.1, 0.15) is 0 Å². The summed E-state index contributed by atoms with van der Waals surface area (Å²) in [5.41, 5.74) is -0.453. The molecule has 0 heterocycles. The maximum absolute atomic E-state index is 12.4. The number of nitrogens with one attached hydrogen (secondary N) is 1. The van der Waals surface area contributed by atoms with Gasteiger partial charge in [0.25, 0.3) is 5.69 Å². The number of benzene rings is 1. The largest absolute Gasteiger partial charge is 0.493 e. The number of ether oxygens (including phenoxy) is 2. The molecule has 1 rings (SSSR count). The van der Waals surface area contributed by atoms with Gasteiger partial charge in [0.15, 0.2) is 11.5 Å². The molecule has 0 radical (unpaired) electrons. The molecule has 0 unspecified atom stereocenters. The van der Waals surface area contributed by atoms with Crippen molar-refractivity contribution in [3.63, 3.8) is 0 Å². The van der Waals surface area contributed by atoms with Gasteiger partial charge >= 0.3 is 6.61 Å². The maximum Gasteiger partial charge on any atom is 0.387 e. The lowest BCUT2D eigenvalue weighted by molar-refractivity contribution is -0.385. The van der Waals surface area contributed by atoms with Crippen molar-refractivity contribution in [2.75, 3.05) is 7.11 Å². The first-order chi connectivity index (χ1) is 11.8. The Morgan fingerprint density at radius 2 is 1.96 bits per heavy atom. The normalized spacial score (nSPS) is 11.2. The first-order valence-electron chi connectivity index (χ1n) is 7.62. The number of methoxy groups -OCH3 is 1. The van der Waals surface area contributed by atoms with Gasteiger partial charge in [-0.25, -0.2) is 0 Å². The summed E-state index contributed by atoms with van der Waals surface area (Å²) in [6, 6.07) is 2.00. The molecule has 0 aromatic heterocycles. The third-order valence-electron chi connectivity index (χ3n) is 3.47. The minimum Gasteiger partial charge on any atom is -0.493 e. The van der Waals surface area contributed by atoms with E-state index in [1.54, 1.807) is 0 Å². The van der Waals surface area contributed by atoms with Crippen molar-refractivity contribution in [1.82, 2.24) is 5.32 Å². The molecule has 0 saturated carbocycles. The number of alkyl halides is 2. The standard InChI is InChI=1S/C16H20F2N2O5/c1-4-11(5-2)19-15(21)7-6-10-8-13(24-3)14(25-16(17)18)9-12(10)20(22)23/h6-9,11,16H,4-5H2,1-3H3,(H,19,21)/b7-6+. The van der Waals surface area contributed by atoms with Crippen LogP contribution in [0.2, 0.25) is 0 Å². The molecule has 9 heteroatoms. The van der Waals surface area contributed by atoms with Crippen LogP contribution in [0.3, 0.4) is 0 Å². The summed E-state index contributed by atoms with van der Waals surface area (Å²) in [4.78, 5) is 22.3. The van der Waals surface area contributed by atoms with Crippen LogP contribution in [-0.2, 0) is 4.79 Å². The highest BCUT2D eigenvalue weighted by atomic mass is 19.3. The van der Waals surface area contributed by atoms with E-state index in [1.165, 1.54) is 13.2 Å². The highest BCUT2D eigenvalue weighted by Gasteiger charge is 2.20. The van der Waals surface area contributed by atoms with Gasteiger partial charge in [0.2, 0.25) is 5.91 Å². The number of halogens is 2. The van der Waals surface area contributed by atoms with Crippen LogP contribution in [0.1, 0.15) is 32.3 Å². The maximum atomic E-state index is 12.4. The molecule has 138 valence electrons. The van der Waals surface area contributed by atoms with Gasteiger partial charge in [-0.2, -0.15) is 8.78 Å². The number of hydrogen-bond donors (Lipinski definition) is 1. The predicted molar refractivity (Wildman–Crippen MR) is 87.8 cm³/mol. The third-order valence-corrected chi connectivity index (χ3v) is 3.47. The molecule has 1 N–H and O–H groups in total. The molecule has 7 nitrogen and oxygen atoms in total. The first kappa shape index (κ1) is 20.3. The Balaban J connectivity index is 3.14. The van der Waals surface area contributed by atoms with Crippen molar-refractivity contribution in [2.45, 2.75) is 39.3 Å². The molecule has 0 spiro atoms. The first-order valence-corrected chi connectivity index (χ1v) is 7.62. The SMILES string of the molecule is CCC(CC)NC(=O)/C=C/c1cc(OC)c(OC(F)F)cc1[N+](=O)[O-]. The molecule has 1 aromatic carbocycles. The average molecular weight is 358 g/mol. The van der Waals surface area contributed by atoms with Crippen LogP contribution in [0.5, 0.6) is 11.5 Å². The van der Waals surface area contributed by atoms with E-state index >= 15 is 0 Å². The Labute approximate surface area is 143 Å². The smallest absolute Gasteiger partial charge is 0.387 e. The van der Waals surface area contributed by atoms with Crippen LogP contribution in [-0.4, -0.2) is 30.6 Å². The minimum atomic E-state index is -3.15. The van der Waals surface area contributed by atoms with E-state index < -0.39 is 28.9 Å². The van der Waals surface area contributed by atoms with Crippen LogP contribution in [0.4, 0.5) is 14.5 Å². The van der Waals surface area contributed by atoms with E-state index in [9.17, 15) is 23.7 Å². The quantitative estimate of drug-likeness (QED) is 0.414. The monoisotopic (exact) mass is 358 g/mol. The van der Waals surface area contributed by atoms with Gasteiger partial charge in [-0.1, -0.05) is 13.8 Å². The number of nitro groups is 1. The van der Waals surface area contributed by atoms with Crippen molar-refractivity contribution in [2.24, 2.45) is 0 Å². The number of nitrogens with zero attached hydrogens (tertiary/aromatic N) is 1. The second-order valence-corrected chi connectivity index (χ2v) is 5.05. The number of hydrogen-bond acceptors (Lipinski definition) is 5. The highest BCUT2D eigenvalue weighted by molar-refractivity contribution is 5.92. The third kappa shape index (κ3) is 6.02. The predicted octanol–water partition coefficient (Wildman–Crippen LogP) is 3.52. The molecule has 0 bridgehead atoms. The highest BCUT2D eigenvalue weighted by Crippen LogP contribution is 2.36. The second kappa shape index (κ2) is 9.55. The van der Waals surface area contributed by atoms with E-state index in [0.717, 1.165) is 31.1 Å². The van der Waals surface area contributed by atoms with E-state index in [-0.39, 0.29) is 17.4 Å². The zero-order valence-corrected chi connectivity index (χ0v) is 14.1. The van der Waals surface area contributed by atoms with Gasteiger partial charge in [-0.05, 0) is 25.0 Å². The summed E-state index contributed by atoms with van der Waals surface area (Å²) in [6.07, 6.45) is 3.88. The van der Waals surface area contributed by atoms with E-state index in [2.05, 4.69) is 10.1 Å². The average Bonchev–Trinajstić information content (AvgIpc) is 2.57. The van der Waals surface area contributed by atoms with E-state index in [0.29, 0.717) is 0 Å². The Morgan fingerprint density at radius 1 is 1.32 bits per heavy atom. The fourth-order valence-electron chi connectivity index (χ4n) is 2.11. The summed E-state index contributed by atoms with van der Waals surface area (Å²) < 4.78 is 33.9. The summed E-state index contributed by atoms with van der Waals surface area (Å²) >= 11 is 0. The Bertz CT molecular complexity index is 646. The van der Waals surface area contributed by atoms with Crippen molar-refractivity contribution in [3.05, 3.63) is 33.9 Å². The van der Waals surface area contributed by atoms with Gasteiger partial charge in [-0.3, -0.25) is 14.9 Å².